The quantitative estimate of drug-likeness (QED) is 0.676. The first kappa shape index (κ1) is 12.1. The van der Waals surface area contributed by atoms with Crippen molar-refractivity contribution >= 4 is 5.69 Å². The topological polar surface area (TPSA) is 3.24 Å². The zero-order valence-corrected chi connectivity index (χ0v) is 12.8. The Morgan fingerprint density at radius 3 is 3.07 bits per heavy atom. The van der Waals surface area contributed by atoms with Crippen molar-refractivity contribution in [3.63, 3.8) is 0 Å². The minimum Gasteiger partial charge on any atom is -0.397 e. The molecule has 0 unspecified atom stereocenters. The van der Waals surface area contributed by atoms with Crippen molar-refractivity contribution in [2.75, 3.05) is 18.0 Å². The van der Waals surface area contributed by atoms with E-state index < -0.39 is 0 Å². The van der Waals surface area contributed by atoms with Crippen molar-refractivity contribution in [3.05, 3.63) is 36.2 Å². The fourth-order valence-electron chi connectivity index (χ4n) is 1.93. The van der Waals surface area contributed by atoms with E-state index in [4.69, 9.17) is 0 Å². The van der Waals surface area contributed by atoms with Crippen molar-refractivity contribution < 1.29 is 31.1 Å². The number of hydrogen-bond acceptors (Lipinski definition) is 1. The van der Waals surface area contributed by atoms with Crippen LogP contribution < -0.4 is 4.90 Å². The molecule has 2 rings (SSSR count). The van der Waals surface area contributed by atoms with Gasteiger partial charge in [-0.2, -0.15) is 30.2 Å². The normalized spacial score (nSPS) is 13.7. The molecule has 1 aliphatic rings. The Hall–Kier alpha value is 0.0719. The van der Waals surface area contributed by atoms with Crippen molar-refractivity contribution in [3.8, 4) is 0 Å². The molecule has 1 heterocycles. The Kier molecular flexibility index (Phi) is 4.54. The molecule has 72 valence electrons. The summed E-state index contributed by atoms with van der Waals surface area (Å²) in [5.74, 6) is 0. The van der Waals surface area contributed by atoms with Gasteiger partial charge in [-0.1, -0.05) is 19.0 Å². The molecular formula is C12H15NU. The van der Waals surface area contributed by atoms with Crippen LogP contribution in [0.2, 0.25) is 0 Å². The molecule has 14 heavy (non-hydrogen) atoms. The number of benzene rings is 1. The zero-order valence-electron chi connectivity index (χ0n) is 8.64. The number of anilines is 1. The smallest absolute Gasteiger partial charge is 0.397 e. The second kappa shape index (κ2) is 5.24. The Bertz CT molecular complexity index is 309. The van der Waals surface area contributed by atoms with Crippen LogP contribution in [0.1, 0.15) is 17.5 Å². The third-order valence-electron chi connectivity index (χ3n) is 2.54. The molecule has 1 nitrogen and oxygen atoms in total. The predicted octanol–water partition coefficient (Wildman–Crippen LogP) is 2.38. The molecule has 0 amide bonds. The Morgan fingerprint density at radius 1 is 1.57 bits per heavy atom. The number of fused-ring (bicyclic) bond motifs is 1. The molecule has 0 spiro atoms. The summed E-state index contributed by atoms with van der Waals surface area (Å²) in [5.41, 5.74) is 4.07. The molecule has 0 radical (unpaired) electrons. The SMILES string of the molecule is [CH2-]CCN1CCc2cc(C)c[c-]c21.[U+2]. The number of aryl methyl sites for hydroxylation is 1. The van der Waals surface area contributed by atoms with Crippen LogP contribution in [0.4, 0.5) is 5.69 Å². The first-order chi connectivity index (χ1) is 6.31. The number of rotatable bonds is 2. The van der Waals surface area contributed by atoms with Gasteiger partial charge in [-0.15, -0.1) is 5.56 Å². The summed E-state index contributed by atoms with van der Waals surface area (Å²) in [6.07, 6.45) is 2.15. The van der Waals surface area contributed by atoms with Crippen LogP contribution in [-0.2, 0) is 6.42 Å². The Morgan fingerprint density at radius 2 is 2.36 bits per heavy atom. The van der Waals surface area contributed by atoms with Crippen LogP contribution >= 0.6 is 0 Å². The van der Waals surface area contributed by atoms with Crippen molar-refractivity contribution in [2.45, 2.75) is 19.8 Å². The summed E-state index contributed by atoms with van der Waals surface area (Å²) in [4.78, 5) is 2.38. The van der Waals surface area contributed by atoms with E-state index in [-0.39, 0.29) is 31.1 Å². The van der Waals surface area contributed by atoms with Gasteiger partial charge in [-0.3, -0.25) is 0 Å². The molecular weight excluding hydrogens is 396 g/mol. The average molecular weight is 411 g/mol. The zero-order chi connectivity index (χ0) is 9.26. The van der Waals surface area contributed by atoms with Gasteiger partial charge in [0.15, 0.2) is 0 Å². The van der Waals surface area contributed by atoms with Crippen LogP contribution in [0.15, 0.2) is 12.1 Å². The van der Waals surface area contributed by atoms with E-state index in [2.05, 4.69) is 36.9 Å². The van der Waals surface area contributed by atoms with Crippen LogP contribution in [0.25, 0.3) is 0 Å². The monoisotopic (exact) mass is 411 g/mol. The van der Waals surface area contributed by atoms with Crippen LogP contribution in [-0.4, -0.2) is 13.1 Å². The Labute approximate surface area is 110 Å². The fourth-order valence-corrected chi connectivity index (χ4v) is 1.93. The molecule has 0 aliphatic carbocycles. The van der Waals surface area contributed by atoms with E-state index >= 15 is 0 Å². The van der Waals surface area contributed by atoms with E-state index in [1.54, 1.807) is 0 Å². The molecule has 0 fully saturated rings. The first-order valence-electron chi connectivity index (χ1n) is 4.86. The molecule has 0 atom stereocenters. The van der Waals surface area contributed by atoms with Crippen molar-refractivity contribution in [2.24, 2.45) is 0 Å². The van der Waals surface area contributed by atoms with E-state index in [1.165, 1.54) is 23.2 Å². The molecule has 0 bridgehead atoms. The summed E-state index contributed by atoms with van der Waals surface area (Å²) in [5, 5.41) is 0. The van der Waals surface area contributed by atoms with E-state index in [0.717, 1.165) is 19.5 Å². The maximum Gasteiger partial charge on any atom is 2.00 e. The molecule has 1 aromatic rings. The summed E-state index contributed by atoms with van der Waals surface area (Å²) in [7, 11) is 0. The van der Waals surface area contributed by atoms with Crippen LogP contribution in [0.5, 0.6) is 0 Å². The largest absolute Gasteiger partial charge is 2.00 e. The second-order valence-electron chi connectivity index (χ2n) is 3.64. The predicted molar refractivity (Wildman–Crippen MR) is 55.9 cm³/mol. The van der Waals surface area contributed by atoms with Gasteiger partial charge in [0.1, 0.15) is 0 Å². The van der Waals surface area contributed by atoms with Gasteiger partial charge in [0.25, 0.3) is 0 Å². The fraction of sp³-hybridized carbons (Fsp3) is 0.417. The molecule has 1 aromatic carbocycles. The third-order valence-corrected chi connectivity index (χ3v) is 2.54. The first-order valence-corrected chi connectivity index (χ1v) is 4.86. The van der Waals surface area contributed by atoms with Crippen LogP contribution in [0, 0.1) is 51.0 Å². The minimum absolute atomic E-state index is 0. The molecule has 1 aliphatic heterocycles. The second-order valence-corrected chi connectivity index (χ2v) is 3.64. The average Bonchev–Trinajstić information content (AvgIpc) is 2.49. The maximum atomic E-state index is 3.88. The standard InChI is InChI=1S/C12H15N.U/c1-3-7-13-8-6-11-9-10(2)4-5-12(11)13;/h4,9H,1,3,6-8H2,2H3;/q-2;+2. The van der Waals surface area contributed by atoms with E-state index in [9.17, 15) is 0 Å². The van der Waals surface area contributed by atoms with E-state index in [1.807, 2.05) is 0 Å². The van der Waals surface area contributed by atoms with Crippen molar-refractivity contribution in [1.29, 1.82) is 0 Å². The van der Waals surface area contributed by atoms with Gasteiger partial charge in [0, 0.05) is 6.54 Å². The number of hydrogen-bond donors (Lipinski definition) is 0. The van der Waals surface area contributed by atoms with Crippen LogP contribution in [0.3, 0.4) is 0 Å². The molecule has 2 heteroatoms. The summed E-state index contributed by atoms with van der Waals surface area (Å²) >= 11 is 0. The minimum atomic E-state index is 0. The van der Waals surface area contributed by atoms with Crippen molar-refractivity contribution in [1.82, 2.24) is 0 Å². The summed E-state index contributed by atoms with van der Waals surface area (Å²) in [6.45, 7) is 8.22. The molecule has 0 aromatic heterocycles. The molecule has 0 saturated heterocycles. The van der Waals surface area contributed by atoms with Gasteiger partial charge in [-0.25, -0.2) is 0 Å². The molecule has 0 saturated carbocycles. The van der Waals surface area contributed by atoms with E-state index in [0.29, 0.717) is 0 Å². The molecule has 0 N–H and O–H groups in total. The van der Waals surface area contributed by atoms with Gasteiger partial charge >= 0.3 is 31.1 Å². The summed E-state index contributed by atoms with van der Waals surface area (Å²) in [6, 6.07) is 7.69. The summed E-state index contributed by atoms with van der Waals surface area (Å²) < 4.78 is 0. The number of nitrogens with zero attached hydrogens (tertiary/aromatic N) is 1. The van der Waals surface area contributed by atoms with Gasteiger partial charge in [0.05, 0.1) is 0 Å². The Balaban J connectivity index is 0.000000980. The third kappa shape index (κ3) is 2.35. The maximum absolute atomic E-state index is 3.88. The van der Waals surface area contributed by atoms with Gasteiger partial charge in [0.2, 0.25) is 0 Å². The van der Waals surface area contributed by atoms with Gasteiger partial charge in [-0.05, 0) is 6.54 Å². The van der Waals surface area contributed by atoms with Gasteiger partial charge < -0.3 is 11.8 Å².